The zero-order valence-corrected chi connectivity index (χ0v) is 24.1. The van der Waals surface area contributed by atoms with Crippen LogP contribution in [0.3, 0.4) is 0 Å². The predicted molar refractivity (Wildman–Crippen MR) is 154 cm³/mol. The van der Waals surface area contributed by atoms with E-state index >= 15 is 0 Å². The van der Waals surface area contributed by atoms with E-state index in [2.05, 4.69) is 72.4 Å². The summed E-state index contributed by atoms with van der Waals surface area (Å²) in [6, 6.07) is 0. The van der Waals surface area contributed by atoms with E-state index in [1.54, 1.807) is 0 Å². The number of hydrogen-bond donors (Lipinski definition) is 4. The van der Waals surface area contributed by atoms with Crippen LogP contribution in [0.4, 0.5) is 0 Å². The first-order chi connectivity index (χ1) is 22.3. The zero-order valence-electron chi connectivity index (χ0n) is 24.1. The number of carbonyl (C=O) groups excluding carboxylic acids is 5. The highest BCUT2D eigenvalue weighted by Crippen LogP contribution is 2.36. The van der Waals surface area contributed by atoms with Gasteiger partial charge in [-0.1, -0.05) is 18.4 Å². The van der Waals surface area contributed by atoms with Gasteiger partial charge >= 0.3 is 29.6 Å². The summed E-state index contributed by atoms with van der Waals surface area (Å²) in [4.78, 5) is 61.6. The summed E-state index contributed by atoms with van der Waals surface area (Å²) >= 11 is 0. The number of cyclic esters (lactones) is 1. The van der Waals surface area contributed by atoms with Gasteiger partial charge in [-0.2, -0.15) is 4.79 Å². The first-order valence-corrected chi connectivity index (χ1v) is 13.3. The number of esters is 1. The molecule has 0 aromatic heterocycles. The summed E-state index contributed by atoms with van der Waals surface area (Å²) < 4.78 is 26.3. The van der Waals surface area contributed by atoms with Gasteiger partial charge in [-0.25, -0.2) is 9.59 Å². The number of ether oxygens (including phenoxy) is 4. The number of hydrogen-bond acceptors (Lipinski definition) is 12. The van der Waals surface area contributed by atoms with Gasteiger partial charge in [0, 0.05) is 18.3 Å². The average molecular weight is 640 g/mol. The maximum atomic E-state index is 12.9. The summed E-state index contributed by atoms with van der Waals surface area (Å²) in [6.07, 6.45) is -5.98. The number of aliphatic hydroxyl groups is 2. The Bertz CT molecular complexity index is 1910. The van der Waals surface area contributed by atoms with Gasteiger partial charge in [0.05, 0.1) is 12.8 Å². The lowest BCUT2D eigenvalue weighted by molar-refractivity contribution is -0.440. The van der Waals surface area contributed by atoms with Gasteiger partial charge in [0.25, 0.3) is 23.1 Å². The zero-order chi connectivity index (χ0) is 34.3. The van der Waals surface area contributed by atoms with E-state index in [9.17, 15) is 39.3 Å². The molecule has 2 saturated heterocycles. The number of carbonyl (C=O) groups is 5. The lowest BCUT2D eigenvalue weighted by atomic mass is 9.84. The van der Waals surface area contributed by atoms with Crippen molar-refractivity contribution < 1.29 is 62.7 Å². The van der Waals surface area contributed by atoms with Crippen molar-refractivity contribution in [2.45, 2.75) is 56.2 Å². The van der Waals surface area contributed by atoms with Gasteiger partial charge in [-0.15, -0.1) is 0 Å². The summed E-state index contributed by atoms with van der Waals surface area (Å²) in [6.45, 7) is 6.89. The van der Waals surface area contributed by atoms with Gasteiger partial charge in [0.2, 0.25) is 6.10 Å². The molecule has 2 fully saturated rings. The van der Waals surface area contributed by atoms with E-state index in [1.807, 2.05) is 0 Å². The fraction of sp³-hybridized carbons (Fsp3) is 0.273. The smallest absolute Gasteiger partial charge is 0.496 e. The highest BCUT2D eigenvalue weighted by Gasteiger charge is 2.60. The predicted octanol–water partition coefficient (Wildman–Crippen LogP) is -0.359. The number of fused-ring (bicyclic) bond motifs is 3. The number of carboxylic acids is 1. The Balaban J connectivity index is 1.72. The number of aliphatic carboxylic acids is 1. The lowest BCUT2D eigenvalue weighted by Gasteiger charge is -2.32. The molecule has 4 N–H and O–H groups in total. The molecule has 14 nitrogen and oxygen atoms in total. The minimum absolute atomic E-state index is 0.000398. The number of epoxide rings is 1. The molecule has 0 radical (unpaired) electrons. The Labute approximate surface area is 266 Å². The van der Waals surface area contributed by atoms with Crippen molar-refractivity contribution in [1.82, 2.24) is 0 Å². The summed E-state index contributed by atoms with van der Waals surface area (Å²) in [5, 5.41) is 38.9. The molecule has 4 atom stereocenters. The molecule has 4 rings (SSSR count). The number of allylic oxidation sites excluding steroid dienone is 3. The molecule has 47 heavy (non-hydrogen) atoms. The Morgan fingerprint density at radius 3 is 2.43 bits per heavy atom. The molecular formula is C33H21NO13+2. The third kappa shape index (κ3) is 8.86. The van der Waals surface area contributed by atoms with Crippen LogP contribution in [0.2, 0.25) is 0 Å². The Morgan fingerprint density at radius 1 is 1.00 bits per heavy atom. The van der Waals surface area contributed by atoms with Crippen molar-refractivity contribution in [3.63, 3.8) is 0 Å². The van der Waals surface area contributed by atoms with E-state index in [4.69, 9.17) is 28.8 Å². The summed E-state index contributed by atoms with van der Waals surface area (Å²) in [5.74, 6) is 12.5. The molecule has 234 valence electrons. The molecule has 0 aromatic rings. The topological polar surface area (TPSA) is 221 Å². The summed E-state index contributed by atoms with van der Waals surface area (Å²) in [7, 11) is 0. The molecule has 0 saturated carbocycles. The van der Waals surface area contributed by atoms with Crippen molar-refractivity contribution in [3.05, 3.63) is 42.3 Å². The SMILES string of the molecule is C=C1CC#CC#CC#CC#CC(=[O+]C2=C(O)C(=N)C(=O)C(=C)O2)C[C@@H]2O[C@](O)(CC(=O)C[C@H]3O[C@@H]3C#CC(=O)O1)CC(=O)[C+]2C(=O)O. The highest BCUT2D eigenvalue weighted by atomic mass is 16.6. The molecule has 4 aliphatic heterocycles. The van der Waals surface area contributed by atoms with Gasteiger partial charge in [-0.05, 0) is 42.1 Å². The van der Waals surface area contributed by atoms with Crippen LogP contribution in [-0.2, 0) is 47.3 Å². The Kier molecular flexibility index (Phi) is 10.1. The van der Waals surface area contributed by atoms with Crippen molar-refractivity contribution >= 4 is 40.8 Å². The molecule has 0 unspecified atom stereocenters. The van der Waals surface area contributed by atoms with Crippen LogP contribution in [-0.4, -0.2) is 80.2 Å². The molecule has 2 bridgehead atoms. The average Bonchev–Trinajstić information content (AvgIpc) is 3.72. The molecular weight excluding hydrogens is 618 g/mol. The van der Waals surface area contributed by atoms with Crippen LogP contribution in [0.5, 0.6) is 0 Å². The van der Waals surface area contributed by atoms with E-state index < -0.39 is 108 Å². The first kappa shape index (κ1) is 33.6. The monoisotopic (exact) mass is 639 g/mol. The fourth-order valence-corrected chi connectivity index (χ4v) is 4.18. The minimum atomic E-state index is -2.47. The second-order valence-electron chi connectivity index (χ2n) is 9.91. The minimum Gasteiger partial charge on any atom is -0.496 e. The van der Waals surface area contributed by atoms with Crippen LogP contribution in [0, 0.1) is 70.5 Å². The van der Waals surface area contributed by atoms with E-state index in [-0.39, 0.29) is 18.6 Å². The third-order valence-electron chi connectivity index (χ3n) is 6.29. The quantitative estimate of drug-likeness (QED) is 0.0445. The molecule has 0 spiro atoms. The maximum Gasteiger partial charge on any atom is 0.571 e. The fourth-order valence-electron chi connectivity index (χ4n) is 4.18. The third-order valence-corrected chi connectivity index (χ3v) is 6.29. The number of carboxylic acid groups (broad SMARTS) is 1. The van der Waals surface area contributed by atoms with Crippen LogP contribution >= 0.6 is 0 Å². The van der Waals surface area contributed by atoms with Gasteiger partial charge in [-0.3, -0.25) is 24.2 Å². The largest absolute Gasteiger partial charge is 0.571 e. The van der Waals surface area contributed by atoms with E-state index in [0.29, 0.717) is 0 Å². The van der Waals surface area contributed by atoms with Crippen molar-refractivity contribution in [3.8, 4) is 59.2 Å². The van der Waals surface area contributed by atoms with Gasteiger partial charge < -0.3 is 29.5 Å². The van der Waals surface area contributed by atoms with Crippen LogP contribution in [0.15, 0.2) is 36.4 Å². The van der Waals surface area contributed by atoms with Crippen LogP contribution < -0.4 is 0 Å². The normalized spacial score (nSPS) is 27.3. The first-order valence-electron chi connectivity index (χ1n) is 13.3. The number of Topliss-reactive ketones (excluding diaryl/α,β-unsaturated/α-hetero) is 3. The number of rotatable bonds is 2. The number of aliphatic hydroxyl groups excluding tert-OH is 1. The van der Waals surface area contributed by atoms with E-state index in [0.717, 1.165) is 0 Å². The number of ketones is 4. The Morgan fingerprint density at radius 2 is 1.70 bits per heavy atom. The number of nitrogens with one attached hydrogen (secondary N) is 1. The second kappa shape index (κ2) is 14.2. The van der Waals surface area contributed by atoms with Crippen molar-refractivity contribution in [1.29, 1.82) is 5.41 Å². The maximum absolute atomic E-state index is 12.9. The molecule has 14 heteroatoms. The van der Waals surface area contributed by atoms with E-state index in [1.165, 1.54) is 0 Å². The van der Waals surface area contributed by atoms with Crippen molar-refractivity contribution in [2.75, 3.05) is 0 Å². The van der Waals surface area contributed by atoms with Gasteiger partial charge in [0.15, 0.2) is 11.5 Å². The molecule has 0 amide bonds. The molecule has 4 heterocycles. The van der Waals surface area contributed by atoms with Crippen molar-refractivity contribution in [2.24, 2.45) is 0 Å². The van der Waals surface area contributed by atoms with Crippen LogP contribution in [0.1, 0.15) is 32.1 Å². The second-order valence-corrected chi connectivity index (χ2v) is 9.91. The summed E-state index contributed by atoms with van der Waals surface area (Å²) in [5.41, 5.74) is -0.921. The Hall–Kier alpha value is -6.34. The molecule has 4 aliphatic rings. The highest BCUT2D eigenvalue weighted by molar-refractivity contribution is 6.49. The standard InChI is InChI=1S/C33H19NO13/c1-18-10-8-6-4-3-5-7-9-11-21(45-32-30(39)28(34)29(38)19(2)44-32)15-25-27(31(40)41)22(36)17-33(42,47-25)16-20(35)14-24-23(46-24)12-13-26(37)43-18/h23-25,34,42H,1-2,10,14-17H2/p+2/t23-,24-,25+,33-/m1/s1. The lowest BCUT2D eigenvalue weighted by Crippen LogP contribution is -2.52. The van der Waals surface area contributed by atoms with Gasteiger partial charge in [0.1, 0.15) is 36.6 Å². The molecule has 0 aromatic carbocycles. The van der Waals surface area contributed by atoms with Crippen LogP contribution in [0.25, 0.3) is 0 Å². The molecule has 0 aliphatic carbocycles.